The minimum atomic E-state index is -0.457. The quantitative estimate of drug-likeness (QED) is 0.678. The average molecular weight is 385 g/mol. The predicted octanol–water partition coefficient (Wildman–Crippen LogP) is 4.17. The van der Waals surface area contributed by atoms with Crippen molar-refractivity contribution in [1.29, 1.82) is 0 Å². The first-order valence-electron chi connectivity index (χ1n) is 8.74. The summed E-state index contributed by atoms with van der Waals surface area (Å²) >= 11 is 5.92. The molecule has 0 saturated heterocycles. The van der Waals surface area contributed by atoms with Gasteiger partial charge in [-0.2, -0.15) is 4.98 Å². The summed E-state index contributed by atoms with van der Waals surface area (Å²) in [6, 6.07) is 12.8. The van der Waals surface area contributed by atoms with Crippen molar-refractivity contribution in [3.8, 4) is 5.75 Å². The fourth-order valence-corrected chi connectivity index (χ4v) is 3.89. The van der Waals surface area contributed by atoms with Crippen molar-refractivity contribution >= 4 is 11.6 Å². The van der Waals surface area contributed by atoms with Crippen LogP contribution in [0.4, 0.5) is 4.39 Å². The summed E-state index contributed by atoms with van der Waals surface area (Å²) in [5.74, 6) is 0.445. The van der Waals surface area contributed by atoms with Crippen molar-refractivity contribution < 1.29 is 9.13 Å². The lowest BCUT2D eigenvalue weighted by molar-refractivity contribution is 0.399. The second-order valence-electron chi connectivity index (χ2n) is 6.64. The standard InChI is InChI=1S/C21H18ClFN2O2/c1-27-19-12-25(11-13-6-9-18(23)17(22)10-13)20(24-21(19)26)16-8-7-14-4-2-3-5-15(14)16/h2-6,9-10,12,16H,7-8,11H2,1H3. The van der Waals surface area contributed by atoms with Gasteiger partial charge < -0.3 is 9.30 Å². The second kappa shape index (κ2) is 7.16. The van der Waals surface area contributed by atoms with E-state index in [1.807, 2.05) is 16.7 Å². The second-order valence-corrected chi connectivity index (χ2v) is 7.05. The van der Waals surface area contributed by atoms with E-state index in [1.165, 1.54) is 24.3 Å². The molecule has 27 heavy (non-hydrogen) atoms. The first kappa shape index (κ1) is 17.7. The molecule has 6 heteroatoms. The molecular weight excluding hydrogens is 367 g/mol. The normalized spacial score (nSPS) is 15.6. The van der Waals surface area contributed by atoms with Gasteiger partial charge in [0, 0.05) is 12.5 Å². The molecule has 1 aliphatic rings. The molecule has 0 amide bonds. The van der Waals surface area contributed by atoms with Crippen LogP contribution in [0.15, 0.2) is 53.5 Å². The molecule has 1 atom stereocenters. The average Bonchev–Trinajstić information content (AvgIpc) is 3.10. The van der Waals surface area contributed by atoms with E-state index in [4.69, 9.17) is 16.3 Å². The zero-order chi connectivity index (χ0) is 19.0. The summed E-state index contributed by atoms with van der Waals surface area (Å²) in [4.78, 5) is 16.7. The number of methoxy groups -OCH3 is 1. The van der Waals surface area contributed by atoms with Crippen LogP contribution in [-0.2, 0) is 13.0 Å². The fraction of sp³-hybridized carbons (Fsp3) is 0.238. The Morgan fingerprint density at radius 1 is 1.30 bits per heavy atom. The monoisotopic (exact) mass is 384 g/mol. The third-order valence-corrected chi connectivity index (χ3v) is 5.29. The van der Waals surface area contributed by atoms with Crippen LogP contribution in [0.2, 0.25) is 5.02 Å². The Morgan fingerprint density at radius 3 is 2.89 bits per heavy atom. The Kier molecular flexibility index (Phi) is 4.70. The molecule has 3 aromatic rings. The van der Waals surface area contributed by atoms with E-state index in [9.17, 15) is 9.18 Å². The minimum Gasteiger partial charge on any atom is -0.490 e. The van der Waals surface area contributed by atoms with Crippen molar-refractivity contribution in [2.24, 2.45) is 0 Å². The number of rotatable bonds is 4. The molecule has 0 N–H and O–H groups in total. The van der Waals surface area contributed by atoms with Crippen LogP contribution in [0.25, 0.3) is 0 Å². The predicted molar refractivity (Wildman–Crippen MR) is 102 cm³/mol. The summed E-state index contributed by atoms with van der Waals surface area (Å²) in [7, 11) is 1.45. The summed E-state index contributed by atoms with van der Waals surface area (Å²) in [5.41, 5.74) is 2.91. The molecule has 1 unspecified atom stereocenters. The summed E-state index contributed by atoms with van der Waals surface area (Å²) in [6.07, 6.45) is 3.51. The van der Waals surface area contributed by atoms with Crippen molar-refractivity contribution in [2.75, 3.05) is 7.11 Å². The molecule has 4 nitrogen and oxygen atoms in total. The largest absolute Gasteiger partial charge is 0.490 e. The Hall–Kier alpha value is -2.66. The van der Waals surface area contributed by atoms with Gasteiger partial charge in [-0.25, -0.2) is 4.39 Å². The van der Waals surface area contributed by atoms with Crippen molar-refractivity contribution in [2.45, 2.75) is 25.3 Å². The third-order valence-electron chi connectivity index (χ3n) is 5.00. The van der Waals surface area contributed by atoms with Crippen LogP contribution in [0.1, 0.15) is 34.9 Å². The molecule has 1 heterocycles. The first-order chi connectivity index (χ1) is 13.1. The van der Waals surface area contributed by atoms with Crippen LogP contribution in [0.3, 0.4) is 0 Å². The lowest BCUT2D eigenvalue weighted by Crippen LogP contribution is -2.22. The highest BCUT2D eigenvalue weighted by atomic mass is 35.5. The van der Waals surface area contributed by atoms with E-state index in [0.29, 0.717) is 12.4 Å². The topological polar surface area (TPSA) is 44.1 Å². The number of nitrogens with zero attached hydrogens (tertiary/aromatic N) is 2. The van der Waals surface area contributed by atoms with E-state index >= 15 is 0 Å². The van der Waals surface area contributed by atoms with Crippen LogP contribution in [0.5, 0.6) is 5.75 Å². The summed E-state index contributed by atoms with van der Waals surface area (Å²) in [6.45, 7) is 0.414. The molecule has 0 saturated carbocycles. The van der Waals surface area contributed by atoms with E-state index in [-0.39, 0.29) is 22.2 Å². The molecule has 138 valence electrons. The number of aromatic nitrogens is 2. The SMILES string of the molecule is COc1cn(Cc2ccc(F)c(Cl)c2)c(C2CCc3ccccc32)nc1=O. The van der Waals surface area contributed by atoms with Gasteiger partial charge in [-0.05, 0) is 41.7 Å². The highest BCUT2D eigenvalue weighted by Gasteiger charge is 2.27. The Bertz CT molecular complexity index is 1060. The van der Waals surface area contributed by atoms with Gasteiger partial charge in [-0.3, -0.25) is 4.79 Å². The highest BCUT2D eigenvalue weighted by Crippen LogP contribution is 2.37. The lowest BCUT2D eigenvalue weighted by atomic mass is 10.00. The zero-order valence-corrected chi connectivity index (χ0v) is 15.5. The number of fused-ring (bicyclic) bond motifs is 1. The molecule has 0 fully saturated rings. The molecule has 1 aliphatic carbocycles. The van der Waals surface area contributed by atoms with Gasteiger partial charge >= 0.3 is 5.56 Å². The van der Waals surface area contributed by atoms with Crippen LogP contribution in [-0.4, -0.2) is 16.7 Å². The van der Waals surface area contributed by atoms with Gasteiger partial charge in [-0.15, -0.1) is 0 Å². The van der Waals surface area contributed by atoms with Gasteiger partial charge in [0.25, 0.3) is 0 Å². The minimum absolute atomic E-state index is 0.0377. The van der Waals surface area contributed by atoms with Crippen LogP contribution >= 0.6 is 11.6 Å². The number of benzene rings is 2. The van der Waals surface area contributed by atoms with Gasteiger partial charge in [0.2, 0.25) is 5.75 Å². The van der Waals surface area contributed by atoms with Gasteiger partial charge in [0.1, 0.15) is 11.6 Å². The van der Waals surface area contributed by atoms with E-state index in [1.54, 1.807) is 18.3 Å². The van der Waals surface area contributed by atoms with Crippen molar-refractivity contribution in [1.82, 2.24) is 9.55 Å². The van der Waals surface area contributed by atoms with E-state index in [0.717, 1.165) is 18.4 Å². The number of hydrogen-bond donors (Lipinski definition) is 0. The lowest BCUT2D eigenvalue weighted by Gasteiger charge is -2.19. The number of aryl methyl sites for hydroxylation is 1. The molecule has 0 radical (unpaired) electrons. The van der Waals surface area contributed by atoms with E-state index in [2.05, 4.69) is 17.1 Å². The van der Waals surface area contributed by atoms with Gasteiger partial charge in [-0.1, -0.05) is 41.9 Å². The smallest absolute Gasteiger partial charge is 0.315 e. The molecule has 0 spiro atoms. The van der Waals surface area contributed by atoms with E-state index < -0.39 is 5.82 Å². The molecule has 4 rings (SSSR count). The number of halogens is 2. The Balaban J connectivity index is 1.80. The highest BCUT2D eigenvalue weighted by molar-refractivity contribution is 6.30. The Labute approximate surface area is 161 Å². The maximum absolute atomic E-state index is 13.5. The van der Waals surface area contributed by atoms with Gasteiger partial charge in [0.15, 0.2) is 0 Å². The maximum Gasteiger partial charge on any atom is 0.315 e. The van der Waals surface area contributed by atoms with Crippen molar-refractivity contribution in [3.63, 3.8) is 0 Å². The molecule has 0 aliphatic heterocycles. The Morgan fingerprint density at radius 2 is 2.11 bits per heavy atom. The summed E-state index contributed by atoms with van der Waals surface area (Å²) in [5, 5.41) is 0.0706. The molecule has 0 bridgehead atoms. The van der Waals surface area contributed by atoms with Gasteiger partial charge in [0.05, 0.1) is 18.3 Å². The number of hydrogen-bond acceptors (Lipinski definition) is 3. The number of ether oxygens (including phenoxy) is 1. The third kappa shape index (κ3) is 3.35. The zero-order valence-electron chi connectivity index (χ0n) is 14.8. The summed E-state index contributed by atoms with van der Waals surface area (Å²) < 4.78 is 20.6. The molecule has 1 aromatic heterocycles. The van der Waals surface area contributed by atoms with Crippen molar-refractivity contribution in [3.05, 3.63) is 92.4 Å². The fourth-order valence-electron chi connectivity index (χ4n) is 3.69. The molecular formula is C21H18ClFN2O2. The maximum atomic E-state index is 13.5. The van der Waals surface area contributed by atoms with Crippen LogP contribution in [0, 0.1) is 5.82 Å². The molecule has 2 aromatic carbocycles. The van der Waals surface area contributed by atoms with Crippen LogP contribution < -0.4 is 10.3 Å². The first-order valence-corrected chi connectivity index (χ1v) is 9.11.